The molecule has 148 valence electrons. The number of carboxylic acids is 2. The van der Waals surface area contributed by atoms with Crippen LogP contribution in [-0.2, 0) is 25.6 Å². The Labute approximate surface area is 160 Å². The molecule has 1 aromatic rings. The Morgan fingerprint density at radius 3 is 2.04 bits per heavy atom. The third-order valence-electron chi connectivity index (χ3n) is 3.54. The van der Waals surface area contributed by atoms with Gasteiger partial charge in [0.05, 0.1) is 12.5 Å². The van der Waals surface area contributed by atoms with Crippen LogP contribution in [0, 0.1) is 0 Å². The number of hydrogen-bond acceptors (Lipinski definition) is 7. The van der Waals surface area contributed by atoms with Gasteiger partial charge in [-0.25, -0.2) is 4.79 Å². The molecule has 1 aromatic carbocycles. The Morgan fingerprint density at radius 2 is 1.56 bits per heavy atom. The van der Waals surface area contributed by atoms with E-state index in [-0.39, 0.29) is 17.9 Å². The Hall–Kier alpha value is -2.79. The summed E-state index contributed by atoms with van der Waals surface area (Å²) in [6.45, 7) is 0. The van der Waals surface area contributed by atoms with Gasteiger partial charge in [-0.15, -0.1) is 0 Å². The van der Waals surface area contributed by atoms with Gasteiger partial charge in [-0.3, -0.25) is 14.4 Å². The molecule has 27 heavy (non-hydrogen) atoms. The van der Waals surface area contributed by atoms with Crippen molar-refractivity contribution in [3.8, 4) is 5.75 Å². The summed E-state index contributed by atoms with van der Waals surface area (Å²) in [4.78, 5) is 46.0. The number of benzene rings is 1. The summed E-state index contributed by atoms with van der Waals surface area (Å²) in [6.07, 6.45) is -0.668. The predicted molar refractivity (Wildman–Crippen MR) is 97.4 cm³/mol. The number of amides is 2. The molecule has 10 nitrogen and oxygen atoms in total. The normalized spacial score (nSPS) is 13.9. The highest BCUT2D eigenvalue weighted by atomic mass is 32.1. The monoisotopic (exact) mass is 399 g/mol. The molecule has 0 unspecified atom stereocenters. The van der Waals surface area contributed by atoms with Gasteiger partial charge in [0.15, 0.2) is 0 Å². The lowest BCUT2D eigenvalue weighted by molar-refractivity contribution is -0.147. The lowest BCUT2D eigenvalue weighted by atomic mass is 10.1. The van der Waals surface area contributed by atoms with Crippen LogP contribution in [0.3, 0.4) is 0 Å². The molecule has 7 N–H and O–H groups in total. The van der Waals surface area contributed by atoms with Crippen molar-refractivity contribution in [3.05, 3.63) is 29.8 Å². The van der Waals surface area contributed by atoms with Crippen LogP contribution in [0.5, 0.6) is 5.75 Å². The lowest BCUT2D eigenvalue weighted by Gasteiger charge is -2.21. The minimum Gasteiger partial charge on any atom is -0.508 e. The third-order valence-corrected chi connectivity index (χ3v) is 3.90. The first kappa shape index (κ1) is 22.3. The second kappa shape index (κ2) is 10.4. The highest BCUT2D eigenvalue weighted by molar-refractivity contribution is 7.80. The van der Waals surface area contributed by atoms with Gasteiger partial charge in [0.2, 0.25) is 11.8 Å². The topological polar surface area (TPSA) is 179 Å². The van der Waals surface area contributed by atoms with Crippen LogP contribution in [-0.4, -0.2) is 63.0 Å². The molecular weight excluding hydrogens is 378 g/mol. The van der Waals surface area contributed by atoms with Crippen molar-refractivity contribution in [2.75, 3.05) is 5.75 Å². The summed E-state index contributed by atoms with van der Waals surface area (Å²) in [6, 6.07) is 2.24. The average Bonchev–Trinajstić information content (AvgIpc) is 2.60. The molecule has 0 spiro atoms. The summed E-state index contributed by atoms with van der Waals surface area (Å²) in [5.74, 6) is -4.55. The Morgan fingerprint density at radius 1 is 1.00 bits per heavy atom. The standard InChI is InChI=1S/C16H21N3O7S/c17-10(5-8-1-3-9(20)4-2-8)14(23)19-12(7-27)15(24)18-11(16(25)26)6-13(21)22/h1-4,10-12,20,27H,5-7,17H2,(H,18,24)(H,19,23)(H,21,22)(H,25,26)/t10-,11-,12-/m0/s1. The minimum atomic E-state index is -1.64. The highest BCUT2D eigenvalue weighted by Crippen LogP contribution is 2.11. The Balaban J connectivity index is 2.67. The van der Waals surface area contributed by atoms with E-state index in [1.54, 1.807) is 12.1 Å². The van der Waals surface area contributed by atoms with E-state index in [1.165, 1.54) is 12.1 Å². The van der Waals surface area contributed by atoms with Crippen LogP contribution < -0.4 is 16.4 Å². The maximum atomic E-state index is 12.2. The van der Waals surface area contributed by atoms with E-state index in [0.29, 0.717) is 5.56 Å². The summed E-state index contributed by atoms with van der Waals surface area (Å²) < 4.78 is 0. The summed E-state index contributed by atoms with van der Waals surface area (Å²) in [5.41, 5.74) is 6.49. The van der Waals surface area contributed by atoms with E-state index < -0.39 is 48.3 Å². The number of carbonyl (C=O) groups is 4. The second-order valence-corrected chi connectivity index (χ2v) is 6.08. The molecule has 0 aliphatic rings. The molecule has 0 saturated heterocycles. The van der Waals surface area contributed by atoms with Crippen LogP contribution in [0.1, 0.15) is 12.0 Å². The van der Waals surface area contributed by atoms with Crippen LogP contribution in [0.2, 0.25) is 0 Å². The Bertz CT molecular complexity index is 696. The quantitative estimate of drug-likeness (QED) is 0.238. The second-order valence-electron chi connectivity index (χ2n) is 5.72. The fraction of sp³-hybridized carbons (Fsp3) is 0.375. The van der Waals surface area contributed by atoms with Gasteiger partial charge in [0.25, 0.3) is 0 Å². The maximum absolute atomic E-state index is 12.2. The van der Waals surface area contributed by atoms with Crippen LogP contribution >= 0.6 is 12.6 Å². The first-order valence-corrected chi connectivity index (χ1v) is 8.47. The van der Waals surface area contributed by atoms with Crippen LogP contribution in [0.15, 0.2) is 24.3 Å². The van der Waals surface area contributed by atoms with E-state index in [2.05, 4.69) is 17.9 Å². The molecule has 0 aromatic heterocycles. The maximum Gasteiger partial charge on any atom is 0.326 e. The number of phenols is 1. The molecule has 0 heterocycles. The van der Waals surface area contributed by atoms with Gasteiger partial charge < -0.3 is 31.7 Å². The van der Waals surface area contributed by atoms with Crippen molar-refractivity contribution in [1.82, 2.24) is 10.6 Å². The van der Waals surface area contributed by atoms with E-state index in [0.717, 1.165) is 0 Å². The average molecular weight is 399 g/mol. The van der Waals surface area contributed by atoms with Crippen molar-refractivity contribution in [2.45, 2.75) is 31.0 Å². The number of thiol groups is 1. The van der Waals surface area contributed by atoms with Gasteiger partial charge in [-0.2, -0.15) is 12.6 Å². The number of carbonyl (C=O) groups excluding carboxylic acids is 2. The van der Waals surface area contributed by atoms with E-state index in [4.69, 9.17) is 15.9 Å². The zero-order valence-electron chi connectivity index (χ0n) is 14.2. The van der Waals surface area contributed by atoms with Gasteiger partial charge in [0.1, 0.15) is 17.8 Å². The first-order valence-electron chi connectivity index (χ1n) is 7.83. The number of aliphatic carboxylic acids is 2. The number of nitrogens with one attached hydrogen (secondary N) is 2. The molecule has 11 heteroatoms. The molecular formula is C16H21N3O7S. The summed E-state index contributed by atoms with van der Waals surface area (Å²) in [5, 5.41) is 31.3. The molecule has 0 saturated carbocycles. The predicted octanol–water partition coefficient (Wildman–Crippen LogP) is -1.28. The summed E-state index contributed by atoms with van der Waals surface area (Å²) in [7, 11) is 0. The fourth-order valence-corrected chi connectivity index (χ4v) is 2.36. The fourth-order valence-electron chi connectivity index (χ4n) is 2.10. The van der Waals surface area contributed by atoms with Crippen molar-refractivity contribution in [2.24, 2.45) is 5.73 Å². The SMILES string of the molecule is N[C@@H](Cc1ccc(O)cc1)C(=O)N[C@@H](CS)C(=O)N[C@@H](CC(=O)O)C(=O)O. The zero-order valence-corrected chi connectivity index (χ0v) is 15.1. The van der Waals surface area contributed by atoms with Crippen molar-refractivity contribution >= 4 is 36.4 Å². The molecule has 0 aliphatic heterocycles. The minimum absolute atomic E-state index is 0.0675. The number of hydrogen-bond donors (Lipinski definition) is 7. The van der Waals surface area contributed by atoms with E-state index in [9.17, 15) is 24.3 Å². The lowest BCUT2D eigenvalue weighted by Crippen LogP contribution is -2.55. The largest absolute Gasteiger partial charge is 0.508 e. The molecule has 1 rings (SSSR count). The van der Waals surface area contributed by atoms with Crippen molar-refractivity contribution in [3.63, 3.8) is 0 Å². The van der Waals surface area contributed by atoms with Gasteiger partial charge in [-0.1, -0.05) is 12.1 Å². The van der Waals surface area contributed by atoms with Crippen molar-refractivity contribution in [1.29, 1.82) is 0 Å². The summed E-state index contributed by atoms with van der Waals surface area (Å²) >= 11 is 3.94. The number of aromatic hydroxyl groups is 1. The molecule has 3 atom stereocenters. The van der Waals surface area contributed by atoms with E-state index in [1.807, 2.05) is 5.32 Å². The molecule has 2 amide bonds. The number of carboxylic acid groups (broad SMARTS) is 2. The van der Waals surface area contributed by atoms with Crippen LogP contribution in [0.25, 0.3) is 0 Å². The molecule has 0 aliphatic carbocycles. The highest BCUT2D eigenvalue weighted by Gasteiger charge is 2.28. The van der Waals surface area contributed by atoms with Gasteiger partial charge >= 0.3 is 11.9 Å². The van der Waals surface area contributed by atoms with Crippen molar-refractivity contribution < 1.29 is 34.5 Å². The number of nitrogens with two attached hydrogens (primary N) is 1. The number of phenolic OH excluding ortho intramolecular Hbond substituents is 1. The van der Waals surface area contributed by atoms with Crippen LogP contribution in [0.4, 0.5) is 0 Å². The zero-order chi connectivity index (χ0) is 20.6. The van der Waals surface area contributed by atoms with Gasteiger partial charge in [0, 0.05) is 5.75 Å². The molecule has 0 radical (unpaired) electrons. The van der Waals surface area contributed by atoms with E-state index >= 15 is 0 Å². The first-order chi connectivity index (χ1) is 12.6. The smallest absolute Gasteiger partial charge is 0.326 e. The third kappa shape index (κ3) is 7.54. The van der Waals surface area contributed by atoms with Gasteiger partial charge in [-0.05, 0) is 24.1 Å². The Kier molecular flexibility index (Phi) is 8.56. The molecule has 0 bridgehead atoms. The molecule has 0 fully saturated rings. The number of rotatable bonds is 10.